The molecule has 1 unspecified atom stereocenters. The van der Waals surface area contributed by atoms with Crippen LogP contribution in [-0.2, 0) is 4.74 Å². The molecule has 0 aliphatic rings. The van der Waals surface area contributed by atoms with Gasteiger partial charge in [-0.1, -0.05) is 6.07 Å². The lowest BCUT2D eigenvalue weighted by Gasteiger charge is -2.21. The Hall–Kier alpha value is -1.26. The summed E-state index contributed by atoms with van der Waals surface area (Å²) in [6.45, 7) is 3.56. The van der Waals surface area contributed by atoms with E-state index in [1.807, 2.05) is 32.2 Å². The molecule has 0 bridgehead atoms. The second-order valence-electron chi connectivity index (χ2n) is 4.26. The van der Waals surface area contributed by atoms with E-state index in [1.54, 1.807) is 14.2 Å². The summed E-state index contributed by atoms with van der Waals surface area (Å²) in [4.78, 5) is 0. The van der Waals surface area contributed by atoms with E-state index in [0.717, 1.165) is 43.1 Å². The summed E-state index contributed by atoms with van der Waals surface area (Å²) in [7, 11) is 5.33. The third-order valence-electron chi connectivity index (χ3n) is 3.15. The van der Waals surface area contributed by atoms with E-state index < -0.39 is 0 Å². The Labute approximate surface area is 116 Å². The van der Waals surface area contributed by atoms with Crippen molar-refractivity contribution in [3.05, 3.63) is 23.8 Å². The minimum atomic E-state index is 0.201. The molecular formula is C15H25NO3. The molecule has 0 amide bonds. The van der Waals surface area contributed by atoms with Crippen LogP contribution in [0.25, 0.3) is 0 Å². The van der Waals surface area contributed by atoms with Crippen molar-refractivity contribution in [2.24, 2.45) is 0 Å². The van der Waals surface area contributed by atoms with Crippen LogP contribution in [0.15, 0.2) is 18.2 Å². The molecule has 19 heavy (non-hydrogen) atoms. The number of methoxy groups -OCH3 is 2. The summed E-state index contributed by atoms with van der Waals surface area (Å²) >= 11 is 0. The molecule has 1 atom stereocenters. The van der Waals surface area contributed by atoms with E-state index in [-0.39, 0.29) is 6.04 Å². The maximum Gasteiger partial charge on any atom is 0.127 e. The van der Waals surface area contributed by atoms with Gasteiger partial charge in [0.25, 0.3) is 0 Å². The van der Waals surface area contributed by atoms with Crippen LogP contribution in [0.4, 0.5) is 0 Å². The number of benzene rings is 1. The van der Waals surface area contributed by atoms with Crippen molar-refractivity contribution in [2.75, 3.05) is 34.5 Å². The van der Waals surface area contributed by atoms with E-state index in [0.29, 0.717) is 0 Å². The van der Waals surface area contributed by atoms with Crippen molar-refractivity contribution in [2.45, 2.75) is 25.8 Å². The lowest BCUT2D eigenvalue weighted by Crippen LogP contribution is -2.18. The molecule has 1 N–H and O–H groups in total. The standard InChI is InChI=1S/C15H25NO3/c1-5-19-11-7-8-12(16-2)15-13(17-3)9-6-10-14(15)18-4/h6,9-10,12,16H,5,7-8,11H2,1-4H3. The van der Waals surface area contributed by atoms with E-state index >= 15 is 0 Å². The second kappa shape index (κ2) is 8.77. The largest absolute Gasteiger partial charge is 0.496 e. The summed E-state index contributed by atoms with van der Waals surface area (Å²) in [6, 6.07) is 6.07. The molecular weight excluding hydrogens is 242 g/mol. The minimum absolute atomic E-state index is 0.201. The van der Waals surface area contributed by atoms with Gasteiger partial charge in [-0.25, -0.2) is 0 Å². The van der Waals surface area contributed by atoms with Gasteiger partial charge in [0.1, 0.15) is 11.5 Å². The number of ether oxygens (including phenoxy) is 3. The topological polar surface area (TPSA) is 39.7 Å². The lowest BCUT2D eigenvalue weighted by atomic mass is 10.00. The SMILES string of the molecule is CCOCCCC(NC)c1c(OC)cccc1OC. The first-order valence-electron chi connectivity index (χ1n) is 6.74. The zero-order chi connectivity index (χ0) is 14.1. The third kappa shape index (κ3) is 4.40. The first kappa shape index (κ1) is 15.8. The predicted octanol–water partition coefficient (Wildman–Crippen LogP) is 2.78. The second-order valence-corrected chi connectivity index (χ2v) is 4.26. The minimum Gasteiger partial charge on any atom is -0.496 e. The van der Waals surface area contributed by atoms with Crippen molar-refractivity contribution >= 4 is 0 Å². The van der Waals surface area contributed by atoms with E-state index in [1.165, 1.54) is 0 Å². The van der Waals surface area contributed by atoms with Crippen LogP contribution in [0.2, 0.25) is 0 Å². The number of rotatable bonds is 9. The Morgan fingerprint density at radius 3 is 2.26 bits per heavy atom. The number of nitrogens with one attached hydrogen (secondary N) is 1. The maximum atomic E-state index is 5.45. The highest BCUT2D eigenvalue weighted by atomic mass is 16.5. The molecule has 4 nitrogen and oxygen atoms in total. The van der Waals surface area contributed by atoms with Crippen molar-refractivity contribution in [1.29, 1.82) is 0 Å². The van der Waals surface area contributed by atoms with E-state index in [4.69, 9.17) is 14.2 Å². The number of hydrogen-bond acceptors (Lipinski definition) is 4. The molecule has 4 heteroatoms. The fraction of sp³-hybridized carbons (Fsp3) is 0.600. The van der Waals surface area contributed by atoms with Crippen LogP contribution >= 0.6 is 0 Å². The first-order chi connectivity index (χ1) is 9.28. The van der Waals surface area contributed by atoms with Gasteiger partial charge in [-0.2, -0.15) is 0 Å². The highest BCUT2D eigenvalue weighted by Gasteiger charge is 2.19. The van der Waals surface area contributed by atoms with Gasteiger partial charge in [-0.15, -0.1) is 0 Å². The van der Waals surface area contributed by atoms with Crippen LogP contribution in [0.3, 0.4) is 0 Å². The Bertz CT molecular complexity index is 346. The molecule has 108 valence electrons. The van der Waals surface area contributed by atoms with Crippen molar-refractivity contribution in [3.63, 3.8) is 0 Å². The monoisotopic (exact) mass is 267 g/mol. The summed E-state index contributed by atoms with van der Waals surface area (Å²) < 4.78 is 16.3. The van der Waals surface area contributed by atoms with E-state index in [2.05, 4.69) is 5.32 Å². The molecule has 1 rings (SSSR count). The van der Waals surface area contributed by atoms with Crippen molar-refractivity contribution in [3.8, 4) is 11.5 Å². The molecule has 0 aromatic heterocycles. The van der Waals surface area contributed by atoms with Gasteiger partial charge in [0.05, 0.1) is 19.8 Å². The van der Waals surface area contributed by atoms with Gasteiger partial charge < -0.3 is 19.5 Å². The highest BCUT2D eigenvalue weighted by Crippen LogP contribution is 2.35. The molecule has 1 aromatic rings. The van der Waals surface area contributed by atoms with Crippen LogP contribution in [0.5, 0.6) is 11.5 Å². The molecule has 0 spiro atoms. The van der Waals surface area contributed by atoms with Gasteiger partial charge in [-0.3, -0.25) is 0 Å². The first-order valence-corrected chi connectivity index (χ1v) is 6.74. The third-order valence-corrected chi connectivity index (χ3v) is 3.15. The van der Waals surface area contributed by atoms with E-state index in [9.17, 15) is 0 Å². The zero-order valence-electron chi connectivity index (χ0n) is 12.4. The Balaban J connectivity index is 2.83. The fourth-order valence-corrected chi connectivity index (χ4v) is 2.19. The van der Waals surface area contributed by atoms with Crippen LogP contribution < -0.4 is 14.8 Å². The summed E-state index contributed by atoms with van der Waals surface area (Å²) in [6.07, 6.45) is 1.98. The fourth-order valence-electron chi connectivity index (χ4n) is 2.19. The Morgan fingerprint density at radius 1 is 1.16 bits per heavy atom. The quantitative estimate of drug-likeness (QED) is 0.698. The van der Waals surface area contributed by atoms with Gasteiger partial charge >= 0.3 is 0 Å². The molecule has 0 radical (unpaired) electrons. The molecule has 0 aliphatic heterocycles. The average Bonchev–Trinajstić information content (AvgIpc) is 2.47. The Kier molecular flexibility index (Phi) is 7.30. The van der Waals surface area contributed by atoms with Gasteiger partial charge in [0.15, 0.2) is 0 Å². The molecule has 0 saturated heterocycles. The molecule has 0 fully saturated rings. The van der Waals surface area contributed by atoms with Gasteiger partial charge in [-0.05, 0) is 38.9 Å². The highest BCUT2D eigenvalue weighted by molar-refractivity contribution is 5.46. The lowest BCUT2D eigenvalue weighted by molar-refractivity contribution is 0.141. The Morgan fingerprint density at radius 2 is 1.79 bits per heavy atom. The van der Waals surface area contributed by atoms with Crippen LogP contribution in [0, 0.1) is 0 Å². The smallest absolute Gasteiger partial charge is 0.127 e. The average molecular weight is 267 g/mol. The van der Waals surface area contributed by atoms with Crippen LogP contribution in [0.1, 0.15) is 31.4 Å². The predicted molar refractivity (Wildman–Crippen MR) is 77.1 cm³/mol. The molecule has 0 saturated carbocycles. The molecule has 0 heterocycles. The van der Waals surface area contributed by atoms with Gasteiger partial charge in [0, 0.05) is 19.3 Å². The normalized spacial score (nSPS) is 12.2. The summed E-state index contributed by atoms with van der Waals surface area (Å²) in [5.41, 5.74) is 1.08. The van der Waals surface area contributed by atoms with Gasteiger partial charge in [0.2, 0.25) is 0 Å². The summed E-state index contributed by atoms with van der Waals surface area (Å²) in [5.74, 6) is 1.71. The molecule has 1 aromatic carbocycles. The molecule has 0 aliphatic carbocycles. The summed E-state index contributed by atoms with van der Waals surface area (Å²) in [5, 5.41) is 3.33. The number of hydrogen-bond donors (Lipinski definition) is 1. The maximum absolute atomic E-state index is 5.45. The van der Waals surface area contributed by atoms with Crippen molar-refractivity contribution in [1.82, 2.24) is 5.32 Å². The van der Waals surface area contributed by atoms with Crippen LogP contribution in [-0.4, -0.2) is 34.5 Å². The zero-order valence-corrected chi connectivity index (χ0v) is 12.4. The van der Waals surface area contributed by atoms with Crippen molar-refractivity contribution < 1.29 is 14.2 Å².